The van der Waals surface area contributed by atoms with Gasteiger partial charge in [-0.3, -0.25) is 0 Å². The Hall–Kier alpha value is -3.07. The van der Waals surface area contributed by atoms with Crippen LogP contribution in [0.5, 0.6) is 5.75 Å². The summed E-state index contributed by atoms with van der Waals surface area (Å²) in [6.07, 6.45) is 3.29. The van der Waals surface area contributed by atoms with Crippen molar-refractivity contribution in [3.63, 3.8) is 0 Å². The third-order valence-electron chi connectivity index (χ3n) is 4.09. The summed E-state index contributed by atoms with van der Waals surface area (Å²) in [7, 11) is 1.65. The number of methoxy groups -OCH3 is 1. The predicted octanol–water partition coefficient (Wildman–Crippen LogP) is 2.64. The number of aliphatic hydroxyl groups excluding tert-OH is 2. The number of hydrogen-bond donors (Lipinski definition) is 2. The molecule has 1 atom stereocenters. The van der Waals surface area contributed by atoms with Gasteiger partial charge in [-0.25, -0.2) is 4.98 Å². The highest BCUT2D eigenvalue weighted by Crippen LogP contribution is 2.22. The number of nitrogens with zero attached hydrogens (tertiary/aromatic N) is 2. The van der Waals surface area contributed by atoms with Crippen LogP contribution in [0.2, 0.25) is 0 Å². The molecule has 0 fully saturated rings. The number of hydrogen-bond acceptors (Lipinski definition) is 4. The lowest BCUT2D eigenvalue weighted by molar-refractivity contribution is 0.235. The SMILES string of the molecule is COc1ccc(-c2ccc(C#CC(CO)n3ccnc3CO)cc2)cc1. The van der Waals surface area contributed by atoms with Gasteiger partial charge in [0, 0.05) is 18.0 Å². The van der Waals surface area contributed by atoms with Crippen molar-refractivity contribution in [3.8, 4) is 28.7 Å². The van der Waals surface area contributed by atoms with Crippen molar-refractivity contribution < 1.29 is 14.9 Å². The van der Waals surface area contributed by atoms with Crippen LogP contribution in [-0.2, 0) is 6.61 Å². The Labute approximate surface area is 152 Å². The maximum absolute atomic E-state index is 9.59. The fraction of sp³-hybridized carbons (Fsp3) is 0.190. The third-order valence-corrected chi connectivity index (χ3v) is 4.09. The average Bonchev–Trinajstić information content (AvgIpc) is 3.18. The number of imidazole rings is 1. The van der Waals surface area contributed by atoms with E-state index < -0.39 is 6.04 Å². The van der Waals surface area contributed by atoms with E-state index in [2.05, 4.69) is 16.8 Å². The summed E-state index contributed by atoms with van der Waals surface area (Å²) in [6, 6.07) is 15.3. The fourth-order valence-corrected chi connectivity index (χ4v) is 2.65. The Morgan fingerprint density at radius 3 is 2.27 bits per heavy atom. The molecule has 2 aromatic carbocycles. The van der Waals surface area contributed by atoms with Gasteiger partial charge >= 0.3 is 0 Å². The number of rotatable bonds is 5. The summed E-state index contributed by atoms with van der Waals surface area (Å²) in [6.45, 7) is -0.345. The van der Waals surface area contributed by atoms with Crippen LogP contribution in [0.1, 0.15) is 17.4 Å². The molecule has 3 aromatic rings. The van der Waals surface area contributed by atoms with Gasteiger partial charge in [-0.15, -0.1) is 0 Å². The first-order valence-electron chi connectivity index (χ1n) is 8.24. The molecule has 1 aromatic heterocycles. The zero-order valence-electron chi connectivity index (χ0n) is 14.5. The molecule has 0 amide bonds. The van der Waals surface area contributed by atoms with Gasteiger partial charge < -0.3 is 19.5 Å². The summed E-state index contributed by atoms with van der Waals surface area (Å²) in [5.74, 6) is 7.41. The summed E-state index contributed by atoms with van der Waals surface area (Å²) in [5.41, 5.74) is 3.05. The van der Waals surface area contributed by atoms with E-state index >= 15 is 0 Å². The van der Waals surface area contributed by atoms with Crippen LogP contribution in [-0.4, -0.2) is 33.5 Å². The molecule has 0 saturated heterocycles. The standard InChI is InChI=1S/C21H20N2O3/c1-26-20-10-7-18(8-11-20)17-5-2-16(3-6-17)4-9-19(14-24)23-13-12-22-21(23)15-25/h2-3,5-8,10-13,19,24-25H,14-15H2,1H3. The van der Waals surface area contributed by atoms with E-state index in [1.807, 2.05) is 48.5 Å². The van der Waals surface area contributed by atoms with Crippen LogP contribution in [0.4, 0.5) is 0 Å². The summed E-state index contributed by atoms with van der Waals surface area (Å²) in [5, 5.41) is 18.9. The average molecular weight is 348 g/mol. The quantitative estimate of drug-likeness (QED) is 0.696. The lowest BCUT2D eigenvalue weighted by Crippen LogP contribution is -2.13. The highest BCUT2D eigenvalue weighted by Gasteiger charge is 2.10. The van der Waals surface area contributed by atoms with E-state index in [-0.39, 0.29) is 13.2 Å². The molecule has 26 heavy (non-hydrogen) atoms. The van der Waals surface area contributed by atoms with Crippen molar-refractivity contribution in [1.82, 2.24) is 9.55 Å². The van der Waals surface area contributed by atoms with Crippen LogP contribution < -0.4 is 4.74 Å². The molecule has 0 saturated carbocycles. The Morgan fingerprint density at radius 1 is 1.04 bits per heavy atom. The van der Waals surface area contributed by atoms with Gasteiger partial charge in [0.1, 0.15) is 24.2 Å². The zero-order chi connectivity index (χ0) is 18.4. The lowest BCUT2D eigenvalue weighted by atomic mass is 10.0. The highest BCUT2D eigenvalue weighted by atomic mass is 16.5. The molecule has 0 radical (unpaired) electrons. The summed E-state index contributed by atoms with van der Waals surface area (Å²) < 4.78 is 6.85. The van der Waals surface area contributed by atoms with E-state index in [0.717, 1.165) is 22.4 Å². The molecule has 5 heteroatoms. The Balaban J connectivity index is 1.77. The third kappa shape index (κ3) is 3.94. The smallest absolute Gasteiger partial charge is 0.135 e. The van der Waals surface area contributed by atoms with E-state index in [4.69, 9.17) is 4.74 Å². The maximum atomic E-state index is 9.59. The van der Waals surface area contributed by atoms with Crippen LogP contribution in [0.3, 0.4) is 0 Å². The molecule has 3 rings (SSSR count). The van der Waals surface area contributed by atoms with E-state index in [9.17, 15) is 10.2 Å². The van der Waals surface area contributed by atoms with Crippen LogP contribution in [0.15, 0.2) is 60.9 Å². The van der Waals surface area contributed by atoms with E-state index in [1.165, 1.54) is 0 Å². The maximum Gasteiger partial charge on any atom is 0.135 e. The first kappa shape index (κ1) is 17.7. The number of benzene rings is 2. The largest absolute Gasteiger partial charge is 0.497 e. The van der Waals surface area contributed by atoms with Crippen LogP contribution >= 0.6 is 0 Å². The molecule has 1 unspecified atom stereocenters. The van der Waals surface area contributed by atoms with Crippen molar-refractivity contribution in [1.29, 1.82) is 0 Å². The first-order valence-corrected chi connectivity index (χ1v) is 8.24. The van der Waals surface area contributed by atoms with Crippen LogP contribution in [0.25, 0.3) is 11.1 Å². The summed E-state index contributed by atoms with van der Waals surface area (Å²) >= 11 is 0. The molecule has 1 heterocycles. The topological polar surface area (TPSA) is 67.5 Å². The monoisotopic (exact) mass is 348 g/mol. The second kappa shape index (κ2) is 8.34. The fourth-order valence-electron chi connectivity index (χ4n) is 2.65. The van der Waals surface area contributed by atoms with Gasteiger partial charge in [0.15, 0.2) is 0 Å². The van der Waals surface area contributed by atoms with Gasteiger partial charge in [-0.2, -0.15) is 0 Å². The second-order valence-corrected chi connectivity index (χ2v) is 5.68. The molecule has 0 aliphatic carbocycles. The molecule has 0 aliphatic rings. The van der Waals surface area contributed by atoms with Crippen molar-refractivity contribution in [2.75, 3.05) is 13.7 Å². The zero-order valence-corrected chi connectivity index (χ0v) is 14.5. The molecule has 0 bridgehead atoms. The normalized spacial score (nSPS) is 11.5. The van der Waals surface area contributed by atoms with Gasteiger partial charge in [0.05, 0.1) is 13.7 Å². The van der Waals surface area contributed by atoms with Crippen LogP contribution in [0, 0.1) is 11.8 Å². The number of ether oxygens (including phenoxy) is 1. The Morgan fingerprint density at radius 2 is 1.69 bits per heavy atom. The minimum absolute atomic E-state index is 0.152. The molecule has 0 spiro atoms. The Bertz CT molecular complexity index is 903. The highest BCUT2D eigenvalue weighted by molar-refractivity contribution is 5.65. The second-order valence-electron chi connectivity index (χ2n) is 5.68. The van der Waals surface area contributed by atoms with E-state index in [1.54, 1.807) is 24.1 Å². The number of aromatic nitrogens is 2. The van der Waals surface area contributed by atoms with Gasteiger partial charge in [-0.05, 0) is 35.4 Å². The molecule has 132 valence electrons. The molecule has 5 nitrogen and oxygen atoms in total. The van der Waals surface area contributed by atoms with Crippen molar-refractivity contribution in [2.24, 2.45) is 0 Å². The molecular weight excluding hydrogens is 328 g/mol. The summed E-state index contributed by atoms with van der Waals surface area (Å²) in [4.78, 5) is 4.04. The Kier molecular flexibility index (Phi) is 5.69. The van der Waals surface area contributed by atoms with Crippen molar-refractivity contribution in [2.45, 2.75) is 12.6 Å². The van der Waals surface area contributed by atoms with Crippen molar-refractivity contribution in [3.05, 3.63) is 72.3 Å². The van der Waals surface area contributed by atoms with Gasteiger partial charge in [0.2, 0.25) is 0 Å². The minimum atomic E-state index is -0.444. The molecular formula is C21H20N2O3. The molecule has 2 N–H and O–H groups in total. The lowest BCUT2D eigenvalue weighted by Gasteiger charge is -2.11. The van der Waals surface area contributed by atoms with Gasteiger partial charge in [0.25, 0.3) is 0 Å². The number of aliphatic hydroxyl groups is 2. The minimum Gasteiger partial charge on any atom is -0.497 e. The van der Waals surface area contributed by atoms with E-state index in [0.29, 0.717) is 5.82 Å². The van der Waals surface area contributed by atoms with Gasteiger partial charge in [-0.1, -0.05) is 36.1 Å². The van der Waals surface area contributed by atoms with Crippen molar-refractivity contribution >= 4 is 0 Å². The first-order chi connectivity index (χ1) is 12.7. The molecule has 0 aliphatic heterocycles. The predicted molar refractivity (Wildman–Crippen MR) is 99.6 cm³/mol.